The fourth-order valence-electron chi connectivity index (χ4n) is 5.23. The average Bonchev–Trinajstić information content (AvgIpc) is 3.53. The summed E-state index contributed by atoms with van der Waals surface area (Å²) in [5.41, 5.74) is 10.1. The van der Waals surface area contributed by atoms with Crippen LogP contribution < -0.4 is 5.73 Å². The molecule has 9 heteroatoms. The van der Waals surface area contributed by atoms with Crippen molar-refractivity contribution in [1.82, 2.24) is 29.6 Å². The van der Waals surface area contributed by atoms with Gasteiger partial charge in [0.1, 0.15) is 23.4 Å². The number of amides is 1. The van der Waals surface area contributed by atoms with Gasteiger partial charge in [0, 0.05) is 18.7 Å². The van der Waals surface area contributed by atoms with Crippen LogP contribution in [0.3, 0.4) is 0 Å². The maximum absolute atomic E-state index is 12.0. The Morgan fingerprint density at radius 2 is 2.00 bits per heavy atom. The van der Waals surface area contributed by atoms with Crippen LogP contribution in [-0.2, 0) is 4.79 Å². The van der Waals surface area contributed by atoms with Crippen LogP contribution in [0.1, 0.15) is 18.9 Å². The summed E-state index contributed by atoms with van der Waals surface area (Å²) < 4.78 is 7.48. The number of benzene rings is 1. The molecule has 1 aliphatic heterocycles. The number of carbonyl (C=O) groups excluding carboxylic acids is 1. The fourth-order valence-corrected chi connectivity index (χ4v) is 5.23. The van der Waals surface area contributed by atoms with Crippen LogP contribution >= 0.6 is 0 Å². The molecule has 6 rings (SSSR count). The van der Waals surface area contributed by atoms with Gasteiger partial charge in [-0.15, -0.1) is 0 Å². The van der Waals surface area contributed by atoms with Crippen LogP contribution in [0.25, 0.3) is 33.4 Å². The zero-order valence-electron chi connectivity index (χ0n) is 16.8. The second-order valence-corrected chi connectivity index (χ2v) is 8.38. The van der Waals surface area contributed by atoms with Crippen molar-refractivity contribution in [2.45, 2.75) is 18.9 Å². The first kappa shape index (κ1) is 18.1. The molecule has 2 fully saturated rings. The standard InChI is InChI=1S/C22H21N7O2/c1-2-18(30)28-8-13-5-15(6-14(13)9-28)29-22-19(21(23)24-10-25-22)20(27-29)12-3-4-16-17(7-12)31-11-26-16/h2-4,7,10-11,13-15H,1,5-6,8-9H2,(H2,23,24,25). The van der Waals surface area contributed by atoms with Gasteiger partial charge in [0.2, 0.25) is 5.91 Å². The van der Waals surface area contributed by atoms with Gasteiger partial charge in [0.25, 0.3) is 0 Å². The number of anilines is 1. The highest BCUT2D eigenvalue weighted by Gasteiger charge is 2.43. The van der Waals surface area contributed by atoms with Crippen molar-refractivity contribution >= 4 is 33.9 Å². The summed E-state index contributed by atoms with van der Waals surface area (Å²) in [5, 5.41) is 5.72. The molecule has 0 radical (unpaired) electrons. The highest BCUT2D eigenvalue weighted by molar-refractivity contribution is 5.99. The van der Waals surface area contributed by atoms with Crippen LogP contribution in [0.15, 0.2) is 48.0 Å². The Morgan fingerprint density at radius 1 is 1.19 bits per heavy atom. The lowest BCUT2D eigenvalue weighted by atomic mass is 10.0. The lowest BCUT2D eigenvalue weighted by molar-refractivity contribution is -0.125. The van der Waals surface area contributed by atoms with E-state index in [1.165, 1.54) is 18.8 Å². The first-order valence-corrected chi connectivity index (χ1v) is 10.4. The molecular formula is C22H21N7O2. The second kappa shape index (κ2) is 6.63. The SMILES string of the molecule is C=CC(=O)N1CC2CC(n3nc(-c4ccc5ncoc5c4)c4c(N)ncnc43)CC2C1. The number of oxazole rings is 1. The predicted molar refractivity (Wildman–Crippen MR) is 115 cm³/mol. The van der Waals surface area contributed by atoms with Crippen molar-refractivity contribution in [2.75, 3.05) is 18.8 Å². The van der Waals surface area contributed by atoms with Crippen molar-refractivity contribution in [2.24, 2.45) is 11.8 Å². The number of likely N-dealkylation sites (tertiary alicyclic amines) is 1. The van der Waals surface area contributed by atoms with E-state index in [9.17, 15) is 4.79 Å². The molecule has 4 heterocycles. The largest absolute Gasteiger partial charge is 0.443 e. The number of nitrogen functional groups attached to an aromatic ring is 1. The van der Waals surface area contributed by atoms with E-state index in [4.69, 9.17) is 15.2 Å². The third kappa shape index (κ3) is 2.73. The van der Waals surface area contributed by atoms with Gasteiger partial charge in [-0.3, -0.25) is 4.79 Å². The third-order valence-electron chi connectivity index (χ3n) is 6.68. The predicted octanol–water partition coefficient (Wildman–Crippen LogP) is 2.81. The van der Waals surface area contributed by atoms with Gasteiger partial charge in [-0.2, -0.15) is 5.10 Å². The molecular weight excluding hydrogens is 394 g/mol. The summed E-state index contributed by atoms with van der Waals surface area (Å²) in [6, 6.07) is 5.99. The van der Waals surface area contributed by atoms with Crippen LogP contribution in [0, 0.1) is 11.8 Å². The lowest BCUT2D eigenvalue weighted by Crippen LogP contribution is -2.28. The summed E-state index contributed by atoms with van der Waals surface area (Å²) in [5.74, 6) is 1.34. The van der Waals surface area contributed by atoms with E-state index in [2.05, 4.69) is 21.5 Å². The van der Waals surface area contributed by atoms with Crippen molar-refractivity contribution in [3.63, 3.8) is 0 Å². The van der Waals surface area contributed by atoms with E-state index >= 15 is 0 Å². The van der Waals surface area contributed by atoms with Crippen molar-refractivity contribution in [3.8, 4) is 11.3 Å². The van der Waals surface area contributed by atoms with E-state index in [1.54, 1.807) is 0 Å². The summed E-state index contributed by atoms with van der Waals surface area (Å²) in [6.45, 7) is 5.16. The number of rotatable bonds is 3. The molecule has 1 aromatic carbocycles. The molecule has 0 bridgehead atoms. The number of aromatic nitrogens is 5. The lowest BCUT2D eigenvalue weighted by Gasteiger charge is -2.18. The van der Waals surface area contributed by atoms with Gasteiger partial charge in [-0.25, -0.2) is 19.6 Å². The van der Waals surface area contributed by atoms with Gasteiger partial charge >= 0.3 is 0 Å². The Balaban J connectivity index is 1.39. The minimum absolute atomic E-state index is 0.0149. The molecule has 2 N–H and O–H groups in total. The Kier molecular flexibility index (Phi) is 3.86. The molecule has 9 nitrogen and oxygen atoms in total. The van der Waals surface area contributed by atoms with Gasteiger partial charge in [-0.05, 0) is 42.9 Å². The Morgan fingerprint density at radius 3 is 2.77 bits per heavy atom. The first-order valence-electron chi connectivity index (χ1n) is 10.4. The molecule has 31 heavy (non-hydrogen) atoms. The summed E-state index contributed by atoms with van der Waals surface area (Å²) in [4.78, 5) is 26.8. The molecule has 2 unspecified atom stereocenters. The molecule has 156 valence electrons. The number of hydrogen-bond acceptors (Lipinski definition) is 7. The number of hydrogen-bond donors (Lipinski definition) is 1. The van der Waals surface area contributed by atoms with E-state index in [-0.39, 0.29) is 11.9 Å². The Hall–Kier alpha value is -3.75. The average molecular weight is 415 g/mol. The van der Waals surface area contributed by atoms with E-state index < -0.39 is 0 Å². The summed E-state index contributed by atoms with van der Waals surface area (Å²) in [6.07, 6.45) is 6.22. The molecule has 1 saturated carbocycles. The maximum Gasteiger partial charge on any atom is 0.245 e. The third-order valence-corrected chi connectivity index (χ3v) is 6.68. The van der Waals surface area contributed by atoms with Crippen molar-refractivity contribution in [1.29, 1.82) is 0 Å². The van der Waals surface area contributed by atoms with Crippen molar-refractivity contribution in [3.05, 3.63) is 43.6 Å². The molecule has 1 aliphatic carbocycles. The molecule has 1 saturated heterocycles. The van der Waals surface area contributed by atoms with Crippen molar-refractivity contribution < 1.29 is 9.21 Å². The topological polar surface area (TPSA) is 116 Å². The molecule has 2 aliphatic rings. The minimum atomic E-state index is 0.0149. The summed E-state index contributed by atoms with van der Waals surface area (Å²) in [7, 11) is 0. The van der Waals surface area contributed by atoms with E-state index in [0.717, 1.165) is 53.7 Å². The number of fused-ring (bicyclic) bond motifs is 3. The van der Waals surface area contributed by atoms with Gasteiger partial charge in [-0.1, -0.05) is 12.6 Å². The summed E-state index contributed by atoms with van der Waals surface area (Å²) >= 11 is 0. The number of nitrogens with zero attached hydrogens (tertiary/aromatic N) is 6. The molecule has 4 aromatic rings. The van der Waals surface area contributed by atoms with Crippen LogP contribution in [0.5, 0.6) is 0 Å². The van der Waals surface area contributed by atoms with Gasteiger partial charge in [0.15, 0.2) is 17.6 Å². The normalized spacial score (nSPS) is 23.0. The highest BCUT2D eigenvalue weighted by Crippen LogP contribution is 2.45. The van der Waals surface area contributed by atoms with E-state index in [0.29, 0.717) is 23.2 Å². The highest BCUT2D eigenvalue weighted by atomic mass is 16.3. The second-order valence-electron chi connectivity index (χ2n) is 8.38. The number of nitrogens with two attached hydrogens (primary N) is 1. The Labute approximate surface area is 177 Å². The van der Waals surface area contributed by atoms with Crippen LogP contribution in [0.4, 0.5) is 5.82 Å². The van der Waals surface area contributed by atoms with Crippen LogP contribution in [0.2, 0.25) is 0 Å². The number of carbonyl (C=O) groups is 1. The van der Waals surface area contributed by atoms with Crippen LogP contribution in [-0.4, -0.2) is 48.6 Å². The minimum Gasteiger partial charge on any atom is -0.443 e. The maximum atomic E-state index is 12.0. The zero-order chi connectivity index (χ0) is 21.1. The monoisotopic (exact) mass is 415 g/mol. The molecule has 1 amide bonds. The smallest absolute Gasteiger partial charge is 0.245 e. The quantitative estimate of drug-likeness (QED) is 0.512. The zero-order valence-corrected chi connectivity index (χ0v) is 16.8. The Bertz CT molecular complexity index is 1330. The molecule has 2 atom stereocenters. The molecule has 3 aromatic heterocycles. The molecule has 0 spiro atoms. The van der Waals surface area contributed by atoms with E-state index in [1.807, 2.05) is 27.8 Å². The fraction of sp³-hybridized carbons (Fsp3) is 0.318. The van der Waals surface area contributed by atoms with Gasteiger partial charge in [0.05, 0.1) is 11.4 Å². The first-order chi connectivity index (χ1) is 15.1. The van der Waals surface area contributed by atoms with Gasteiger partial charge < -0.3 is 15.1 Å².